The first-order chi connectivity index (χ1) is 6.11. The molecule has 1 aliphatic rings. The fourth-order valence-electron chi connectivity index (χ4n) is 1.92. The van der Waals surface area contributed by atoms with Crippen molar-refractivity contribution in [2.75, 3.05) is 13.6 Å². The van der Waals surface area contributed by atoms with Gasteiger partial charge in [-0.15, -0.1) is 0 Å². The van der Waals surface area contributed by atoms with Crippen molar-refractivity contribution in [3.63, 3.8) is 0 Å². The molecule has 1 saturated carbocycles. The topological polar surface area (TPSA) is 3.24 Å². The Morgan fingerprint density at radius 1 is 1.38 bits per heavy atom. The lowest BCUT2D eigenvalue weighted by atomic mass is 9.94. The van der Waals surface area contributed by atoms with Gasteiger partial charge in [0.25, 0.3) is 6.43 Å². The number of nitrogens with zero attached hydrogens (tertiary/aromatic N) is 1. The molecular weight excluding hydrogens is 240 g/mol. The van der Waals surface area contributed by atoms with E-state index in [9.17, 15) is 8.78 Å². The number of hydrogen-bond acceptors (Lipinski definition) is 1. The third kappa shape index (κ3) is 3.50. The van der Waals surface area contributed by atoms with Crippen molar-refractivity contribution >= 4 is 15.9 Å². The first kappa shape index (κ1) is 11.4. The van der Waals surface area contributed by atoms with E-state index >= 15 is 0 Å². The van der Waals surface area contributed by atoms with Crippen LogP contribution in [0.15, 0.2) is 0 Å². The largest absolute Gasteiger partial charge is 0.297 e. The van der Waals surface area contributed by atoms with E-state index in [4.69, 9.17) is 0 Å². The molecule has 2 atom stereocenters. The summed E-state index contributed by atoms with van der Waals surface area (Å²) in [7, 11) is 1.79. The van der Waals surface area contributed by atoms with Crippen molar-refractivity contribution in [1.29, 1.82) is 0 Å². The molecule has 0 N–H and O–H groups in total. The minimum Gasteiger partial charge on any atom is -0.297 e. The van der Waals surface area contributed by atoms with Crippen LogP contribution in [0.1, 0.15) is 25.7 Å². The van der Waals surface area contributed by atoms with Gasteiger partial charge in [-0.2, -0.15) is 0 Å². The van der Waals surface area contributed by atoms with Gasteiger partial charge in [-0.3, -0.25) is 4.90 Å². The van der Waals surface area contributed by atoms with Crippen LogP contribution in [0.5, 0.6) is 0 Å². The van der Waals surface area contributed by atoms with Gasteiger partial charge in [0, 0.05) is 10.9 Å². The Kier molecular flexibility index (Phi) is 4.59. The lowest BCUT2D eigenvalue weighted by Gasteiger charge is -2.34. The van der Waals surface area contributed by atoms with Crippen molar-refractivity contribution in [3.05, 3.63) is 0 Å². The third-order valence-corrected chi connectivity index (χ3v) is 3.71. The van der Waals surface area contributed by atoms with Gasteiger partial charge in [-0.1, -0.05) is 28.8 Å². The molecular formula is C9H16BrF2N. The second-order valence-corrected chi connectivity index (χ2v) is 4.87. The number of alkyl halides is 3. The quantitative estimate of drug-likeness (QED) is 0.702. The minimum atomic E-state index is -2.22. The van der Waals surface area contributed by atoms with Crippen molar-refractivity contribution in [1.82, 2.24) is 4.90 Å². The summed E-state index contributed by atoms with van der Waals surface area (Å²) in [5, 5.41) is 0. The van der Waals surface area contributed by atoms with Crippen LogP contribution >= 0.6 is 15.9 Å². The van der Waals surface area contributed by atoms with Crippen LogP contribution in [0.2, 0.25) is 0 Å². The van der Waals surface area contributed by atoms with E-state index in [-0.39, 0.29) is 6.54 Å². The molecule has 0 aromatic heterocycles. The Bertz CT molecular complexity index is 155. The average Bonchev–Trinajstić information content (AvgIpc) is 2.03. The molecule has 0 amide bonds. The van der Waals surface area contributed by atoms with Crippen LogP contribution in [-0.4, -0.2) is 35.8 Å². The molecule has 78 valence electrons. The molecule has 0 aliphatic heterocycles. The SMILES string of the molecule is CN(CC(F)F)C1CCCCC1Br. The maximum atomic E-state index is 12.1. The number of rotatable bonds is 3. The number of hydrogen-bond donors (Lipinski definition) is 0. The molecule has 1 nitrogen and oxygen atoms in total. The van der Waals surface area contributed by atoms with Crippen molar-refractivity contribution < 1.29 is 8.78 Å². The monoisotopic (exact) mass is 255 g/mol. The fraction of sp³-hybridized carbons (Fsp3) is 1.00. The van der Waals surface area contributed by atoms with Crippen molar-refractivity contribution in [3.8, 4) is 0 Å². The van der Waals surface area contributed by atoms with Gasteiger partial charge >= 0.3 is 0 Å². The summed E-state index contributed by atoms with van der Waals surface area (Å²) in [5.74, 6) is 0. The minimum absolute atomic E-state index is 0.104. The molecule has 0 heterocycles. The second-order valence-electron chi connectivity index (χ2n) is 3.70. The van der Waals surface area contributed by atoms with Gasteiger partial charge in [0.15, 0.2) is 0 Å². The molecule has 1 rings (SSSR count). The maximum absolute atomic E-state index is 12.1. The maximum Gasteiger partial charge on any atom is 0.251 e. The zero-order valence-electron chi connectivity index (χ0n) is 7.85. The van der Waals surface area contributed by atoms with Gasteiger partial charge in [0.2, 0.25) is 0 Å². The predicted octanol–water partition coefficient (Wildman–Crippen LogP) is 2.89. The van der Waals surface area contributed by atoms with Crippen LogP contribution in [0, 0.1) is 0 Å². The van der Waals surface area contributed by atoms with Crippen LogP contribution in [0.4, 0.5) is 8.78 Å². The molecule has 0 aromatic rings. The Hall–Kier alpha value is 0.300. The summed E-state index contributed by atoms with van der Waals surface area (Å²) in [6, 6.07) is 0.294. The highest BCUT2D eigenvalue weighted by Crippen LogP contribution is 2.27. The molecule has 0 spiro atoms. The Morgan fingerprint density at radius 2 is 2.00 bits per heavy atom. The van der Waals surface area contributed by atoms with Crippen LogP contribution in [-0.2, 0) is 0 Å². The molecule has 1 fully saturated rings. The van der Waals surface area contributed by atoms with Crippen molar-refractivity contribution in [2.45, 2.75) is 43.0 Å². The third-order valence-electron chi connectivity index (χ3n) is 2.64. The number of halogens is 3. The van der Waals surface area contributed by atoms with E-state index in [0.717, 1.165) is 12.8 Å². The van der Waals surface area contributed by atoms with E-state index in [1.807, 2.05) is 0 Å². The van der Waals surface area contributed by atoms with Gasteiger partial charge in [-0.05, 0) is 19.9 Å². The predicted molar refractivity (Wildman–Crippen MR) is 53.6 cm³/mol. The summed E-state index contributed by atoms with van der Waals surface area (Å²) < 4.78 is 24.2. The second kappa shape index (κ2) is 5.25. The molecule has 0 bridgehead atoms. The standard InChI is InChI=1S/C9H16BrF2N/c1-13(6-9(11)12)8-5-3-2-4-7(8)10/h7-9H,2-6H2,1H3. The Labute approximate surface area is 86.6 Å². The van der Waals surface area contributed by atoms with Crippen LogP contribution in [0.25, 0.3) is 0 Å². The molecule has 0 saturated heterocycles. The molecule has 1 aliphatic carbocycles. The van der Waals surface area contributed by atoms with Gasteiger partial charge in [0.1, 0.15) is 0 Å². The molecule has 2 unspecified atom stereocenters. The lowest BCUT2D eigenvalue weighted by molar-refractivity contribution is 0.0731. The van der Waals surface area contributed by atoms with E-state index < -0.39 is 6.43 Å². The first-order valence-corrected chi connectivity index (χ1v) is 5.65. The highest BCUT2D eigenvalue weighted by Gasteiger charge is 2.27. The van der Waals surface area contributed by atoms with Gasteiger partial charge in [0.05, 0.1) is 6.54 Å². The highest BCUT2D eigenvalue weighted by atomic mass is 79.9. The van der Waals surface area contributed by atoms with Gasteiger partial charge < -0.3 is 0 Å². The van der Waals surface area contributed by atoms with E-state index in [2.05, 4.69) is 15.9 Å². The average molecular weight is 256 g/mol. The smallest absolute Gasteiger partial charge is 0.251 e. The summed E-state index contributed by atoms with van der Waals surface area (Å²) >= 11 is 3.56. The molecule has 13 heavy (non-hydrogen) atoms. The Balaban J connectivity index is 2.39. The zero-order valence-corrected chi connectivity index (χ0v) is 9.43. The zero-order chi connectivity index (χ0) is 9.84. The van der Waals surface area contributed by atoms with Crippen LogP contribution in [0.3, 0.4) is 0 Å². The van der Waals surface area contributed by atoms with E-state index in [0.29, 0.717) is 10.9 Å². The van der Waals surface area contributed by atoms with E-state index in [1.165, 1.54) is 12.8 Å². The molecule has 4 heteroatoms. The molecule has 0 radical (unpaired) electrons. The normalized spacial score (nSPS) is 30.0. The molecule has 0 aromatic carbocycles. The van der Waals surface area contributed by atoms with Crippen LogP contribution < -0.4 is 0 Å². The fourth-order valence-corrected chi connectivity index (χ4v) is 2.91. The summed E-state index contributed by atoms with van der Waals surface area (Å²) in [6.45, 7) is -0.104. The lowest BCUT2D eigenvalue weighted by Crippen LogP contribution is -2.42. The summed E-state index contributed by atoms with van der Waals surface area (Å²) in [4.78, 5) is 2.17. The first-order valence-electron chi connectivity index (χ1n) is 4.73. The van der Waals surface area contributed by atoms with Gasteiger partial charge in [-0.25, -0.2) is 8.78 Å². The summed E-state index contributed by atoms with van der Waals surface area (Å²) in [5.41, 5.74) is 0. The highest BCUT2D eigenvalue weighted by molar-refractivity contribution is 9.09. The van der Waals surface area contributed by atoms with Crippen molar-refractivity contribution in [2.24, 2.45) is 0 Å². The Morgan fingerprint density at radius 3 is 2.54 bits per heavy atom. The van der Waals surface area contributed by atoms with E-state index in [1.54, 1.807) is 11.9 Å². The summed E-state index contributed by atoms with van der Waals surface area (Å²) in [6.07, 6.45) is 2.32.